The average Bonchev–Trinajstić information content (AvgIpc) is 2.47. The standard InChI is InChI=1S/C7H3BrFN3O2/c8-4-1-3(9)2-12-6(4)10-5(11-12)7(13)14/h1-2H,(H,13,14). The van der Waals surface area contributed by atoms with Crippen LogP contribution in [0.2, 0.25) is 0 Å². The summed E-state index contributed by atoms with van der Waals surface area (Å²) in [5.74, 6) is -2.14. The number of nitrogens with zero attached hydrogens (tertiary/aromatic N) is 3. The molecule has 7 heteroatoms. The van der Waals surface area contributed by atoms with Crippen molar-refractivity contribution in [3.05, 3.63) is 28.4 Å². The zero-order chi connectivity index (χ0) is 10.3. The van der Waals surface area contributed by atoms with Crippen molar-refractivity contribution in [2.24, 2.45) is 0 Å². The second-order valence-corrected chi connectivity index (χ2v) is 3.37. The van der Waals surface area contributed by atoms with E-state index in [9.17, 15) is 9.18 Å². The molecular formula is C7H3BrFN3O2. The third-order valence-corrected chi connectivity index (χ3v) is 2.13. The van der Waals surface area contributed by atoms with Gasteiger partial charge in [-0.25, -0.2) is 13.7 Å². The summed E-state index contributed by atoms with van der Waals surface area (Å²) in [6.07, 6.45) is 1.06. The molecule has 0 saturated heterocycles. The highest BCUT2D eigenvalue weighted by atomic mass is 79.9. The highest BCUT2D eigenvalue weighted by Crippen LogP contribution is 2.17. The number of halogens is 2. The smallest absolute Gasteiger partial charge is 0.375 e. The molecule has 0 bridgehead atoms. The summed E-state index contributed by atoms with van der Waals surface area (Å²) in [6, 6.07) is 1.19. The highest BCUT2D eigenvalue weighted by molar-refractivity contribution is 9.10. The zero-order valence-corrected chi connectivity index (χ0v) is 8.19. The lowest BCUT2D eigenvalue weighted by molar-refractivity contribution is 0.0684. The molecule has 2 rings (SSSR count). The van der Waals surface area contributed by atoms with Gasteiger partial charge in [0.05, 0.1) is 10.7 Å². The maximum atomic E-state index is 12.8. The number of rotatable bonds is 1. The Morgan fingerprint density at radius 1 is 1.64 bits per heavy atom. The topological polar surface area (TPSA) is 67.5 Å². The molecule has 14 heavy (non-hydrogen) atoms. The zero-order valence-electron chi connectivity index (χ0n) is 6.61. The van der Waals surface area contributed by atoms with Crippen LogP contribution in [0.4, 0.5) is 4.39 Å². The lowest BCUT2D eigenvalue weighted by Gasteiger charge is -1.93. The molecule has 0 aliphatic heterocycles. The lowest BCUT2D eigenvalue weighted by Crippen LogP contribution is -1.99. The van der Waals surface area contributed by atoms with E-state index in [-0.39, 0.29) is 11.5 Å². The Balaban J connectivity index is 2.76. The lowest BCUT2D eigenvalue weighted by atomic mass is 10.5. The van der Waals surface area contributed by atoms with E-state index < -0.39 is 11.8 Å². The Morgan fingerprint density at radius 2 is 2.36 bits per heavy atom. The van der Waals surface area contributed by atoms with Crippen LogP contribution in [-0.4, -0.2) is 25.7 Å². The molecule has 2 aromatic heterocycles. The van der Waals surface area contributed by atoms with E-state index in [1.165, 1.54) is 6.07 Å². The van der Waals surface area contributed by atoms with Crippen LogP contribution < -0.4 is 0 Å². The summed E-state index contributed by atoms with van der Waals surface area (Å²) in [5.41, 5.74) is 0.267. The molecule has 0 atom stereocenters. The Morgan fingerprint density at radius 3 is 3.00 bits per heavy atom. The van der Waals surface area contributed by atoms with Crippen molar-refractivity contribution in [3.63, 3.8) is 0 Å². The first-order chi connectivity index (χ1) is 6.58. The van der Waals surface area contributed by atoms with E-state index in [0.29, 0.717) is 4.47 Å². The molecule has 72 valence electrons. The number of aromatic carboxylic acids is 1. The molecule has 0 spiro atoms. The predicted octanol–water partition coefficient (Wildman–Crippen LogP) is 1.33. The molecule has 0 aliphatic rings. The van der Waals surface area contributed by atoms with Gasteiger partial charge in [-0.15, -0.1) is 5.10 Å². The maximum Gasteiger partial charge on any atom is 0.375 e. The quantitative estimate of drug-likeness (QED) is 0.839. The molecule has 0 fully saturated rings. The van der Waals surface area contributed by atoms with Gasteiger partial charge in [0.2, 0.25) is 0 Å². The van der Waals surface area contributed by atoms with E-state index in [1.807, 2.05) is 0 Å². The summed E-state index contributed by atoms with van der Waals surface area (Å²) in [4.78, 5) is 14.2. The van der Waals surface area contributed by atoms with Gasteiger partial charge in [-0.2, -0.15) is 4.98 Å². The summed E-state index contributed by atoms with van der Waals surface area (Å²) in [6.45, 7) is 0. The van der Waals surface area contributed by atoms with Crippen molar-refractivity contribution in [2.75, 3.05) is 0 Å². The van der Waals surface area contributed by atoms with Crippen LogP contribution in [0.15, 0.2) is 16.7 Å². The van der Waals surface area contributed by atoms with Crippen LogP contribution >= 0.6 is 15.9 Å². The van der Waals surface area contributed by atoms with E-state index in [2.05, 4.69) is 26.0 Å². The molecule has 2 aromatic rings. The highest BCUT2D eigenvalue weighted by Gasteiger charge is 2.13. The number of carbonyl (C=O) groups is 1. The van der Waals surface area contributed by atoms with Gasteiger partial charge < -0.3 is 5.11 Å². The predicted molar refractivity (Wildman–Crippen MR) is 47.6 cm³/mol. The van der Waals surface area contributed by atoms with E-state index in [0.717, 1.165) is 10.7 Å². The largest absolute Gasteiger partial charge is 0.475 e. The SMILES string of the molecule is O=C(O)c1nc2c(Br)cc(F)cn2n1. The minimum Gasteiger partial charge on any atom is -0.475 e. The molecule has 0 unspecified atom stereocenters. The van der Waals surface area contributed by atoms with Crippen LogP contribution in [-0.2, 0) is 0 Å². The van der Waals surface area contributed by atoms with Gasteiger partial charge in [-0.1, -0.05) is 0 Å². The van der Waals surface area contributed by atoms with Gasteiger partial charge in [0.1, 0.15) is 5.82 Å². The van der Waals surface area contributed by atoms with Gasteiger partial charge in [0, 0.05) is 0 Å². The second-order valence-electron chi connectivity index (χ2n) is 2.51. The van der Waals surface area contributed by atoms with Crippen LogP contribution in [0.3, 0.4) is 0 Å². The minimum atomic E-state index is -1.25. The van der Waals surface area contributed by atoms with E-state index >= 15 is 0 Å². The van der Waals surface area contributed by atoms with Crippen molar-refractivity contribution in [2.45, 2.75) is 0 Å². The maximum absolute atomic E-state index is 12.8. The number of hydrogen-bond donors (Lipinski definition) is 1. The normalized spacial score (nSPS) is 10.7. The van der Waals surface area contributed by atoms with Crippen molar-refractivity contribution in [1.82, 2.24) is 14.6 Å². The van der Waals surface area contributed by atoms with Gasteiger partial charge >= 0.3 is 5.97 Å². The summed E-state index contributed by atoms with van der Waals surface area (Å²) in [5, 5.41) is 12.2. The van der Waals surface area contributed by atoms with Crippen molar-refractivity contribution in [3.8, 4) is 0 Å². The third kappa shape index (κ3) is 1.35. The second kappa shape index (κ2) is 3.02. The van der Waals surface area contributed by atoms with Crippen LogP contribution in [0.25, 0.3) is 5.65 Å². The first kappa shape index (κ1) is 9.07. The van der Waals surface area contributed by atoms with Crippen molar-refractivity contribution >= 4 is 27.5 Å². The van der Waals surface area contributed by atoms with Gasteiger partial charge in [-0.3, -0.25) is 0 Å². The number of carboxylic acid groups (broad SMARTS) is 1. The monoisotopic (exact) mass is 259 g/mol. The molecule has 0 radical (unpaired) electrons. The molecule has 5 nitrogen and oxygen atoms in total. The number of fused-ring (bicyclic) bond motifs is 1. The van der Waals surface area contributed by atoms with Gasteiger partial charge in [-0.05, 0) is 22.0 Å². The average molecular weight is 260 g/mol. The Kier molecular flexibility index (Phi) is 1.95. The van der Waals surface area contributed by atoms with Crippen molar-refractivity contribution in [1.29, 1.82) is 0 Å². The number of aromatic nitrogens is 3. The van der Waals surface area contributed by atoms with Crippen molar-refractivity contribution < 1.29 is 14.3 Å². The van der Waals surface area contributed by atoms with Crippen LogP contribution in [0, 0.1) is 5.82 Å². The van der Waals surface area contributed by atoms with Crippen LogP contribution in [0.5, 0.6) is 0 Å². The number of carboxylic acids is 1. The fourth-order valence-electron chi connectivity index (χ4n) is 1.01. The van der Waals surface area contributed by atoms with E-state index in [4.69, 9.17) is 5.11 Å². The van der Waals surface area contributed by atoms with Crippen LogP contribution in [0.1, 0.15) is 10.6 Å². The molecule has 0 aliphatic carbocycles. The van der Waals surface area contributed by atoms with E-state index in [1.54, 1.807) is 0 Å². The fourth-order valence-corrected chi connectivity index (χ4v) is 1.50. The van der Waals surface area contributed by atoms with Gasteiger partial charge in [0.15, 0.2) is 5.65 Å². The minimum absolute atomic E-state index is 0.267. The first-order valence-corrected chi connectivity index (χ1v) is 4.32. The summed E-state index contributed by atoms with van der Waals surface area (Å²) in [7, 11) is 0. The van der Waals surface area contributed by atoms with Gasteiger partial charge in [0.25, 0.3) is 5.82 Å². The Hall–Kier alpha value is -1.50. The Bertz CT molecular complexity index is 525. The molecule has 0 aromatic carbocycles. The summed E-state index contributed by atoms with van der Waals surface area (Å²) < 4.78 is 14.3. The molecule has 0 amide bonds. The molecule has 2 heterocycles. The first-order valence-electron chi connectivity index (χ1n) is 3.52. The molecular weight excluding hydrogens is 257 g/mol. The molecule has 1 N–H and O–H groups in total. The molecule has 0 saturated carbocycles. The third-order valence-electron chi connectivity index (χ3n) is 1.55. The summed E-state index contributed by atoms with van der Waals surface area (Å²) >= 11 is 3.05. The number of hydrogen-bond acceptors (Lipinski definition) is 3. The number of pyridine rings is 1. The Labute approximate surface area is 85.3 Å². The fraction of sp³-hybridized carbons (Fsp3) is 0.